The average molecular weight is 337 g/mol. The van der Waals surface area contributed by atoms with Crippen LogP contribution in [0.4, 0.5) is 10.2 Å². The van der Waals surface area contributed by atoms with Gasteiger partial charge in [0.15, 0.2) is 10.4 Å². The van der Waals surface area contributed by atoms with E-state index in [0.29, 0.717) is 23.4 Å². The summed E-state index contributed by atoms with van der Waals surface area (Å²) in [6.45, 7) is 0.601. The third-order valence-electron chi connectivity index (χ3n) is 3.14. The highest BCUT2D eigenvalue weighted by atomic mass is 79.9. The molecule has 102 valence electrons. The van der Waals surface area contributed by atoms with E-state index in [1.165, 1.54) is 0 Å². The molecule has 0 saturated heterocycles. The molecule has 1 aliphatic heterocycles. The molecule has 0 radical (unpaired) electrons. The molecule has 2 heterocycles. The lowest BCUT2D eigenvalue weighted by Crippen LogP contribution is -2.31. The molecule has 0 unspecified atom stereocenters. The summed E-state index contributed by atoms with van der Waals surface area (Å²) in [6, 6.07) is 5.30. The molecule has 1 amide bonds. The number of anilines is 1. The summed E-state index contributed by atoms with van der Waals surface area (Å²) in [5.74, 6) is -0.813. The summed E-state index contributed by atoms with van der Waals surface area (Å²) < 4.78 is 13.3. The number of nitrogens with one attached hydrogen (secondary N) is 1. The maximum Gasteiger partial charge on any atom is 0.251 e. The van der Waals surface area contributed by atoms with E-state index in [4.69, 9.17) is 5.73 Å². The largest absolute Gasteiger partial charge is 0.382 e. The molecular weight excluding hydrogens is 327 g/mol. The first-order chi connectivity index (χ1) is 9.56. The van der Waals surface area contributed by atoms with E-state index in [1.807, 2.05) is 6.07 Å². The summed E-state index contributed by atoms with van der Waals surface area (Å²) in [4.78, 5) is 19.3. The standard InChI is InChI=1S/C13H10BrFN4O/c14-10-11(15)19-12(16)9(18-10)7-1-2-8-6(5-7)3-4-17-13(8)20/h1-2,5H,3-4H2,(H2,16,19)(H,17,20). The molecule has 0 spiro atoms. The lowest BCUT2D eigenvalue weighted by molar-refractivity contribution is 0.0946. The first-order valence-corrected chi connectivity index (χ1v) is 6.75. The van der Waals surface area contributed by atoms with E-state index in [0.717, 1.165) is 12.0 Å². The molecule has 0 saturated carbocycles. The number of nitrogens with two attached hydrogens (primary N) is 1. The lowest BCUT2D eigenvalue weighted by Gasteiger charge is -2.17. The Kier molecular flexibility index (Phi) is 3.13. The minimum absolute atomic E-state index is 0.0113. The van der Waals surface area contributed by atoms with Crippen molar-refractivity contribution in [3.05, 3.63) is 39.9 Å². The second-order valence-electron chi connectivity index (χ2n) is 4.42. The predicted octanol–water partition coefficient (Wildman–Crippen LogP) is 1.91. The normalized spacial score (nSPS) is 13.8. The van der Waals surface area contributed by atoms with Gasteiger partial charge in [-0.25, -0.2) is 4.98 Å². The quantitative estimate of drug-likeness (QED) is 0.833. The Hall–Kier alpha value is -2.02. The van der Waals surface area contributed by atoms with Crippen molar-refractivity contribution in [2.24, 2.45) is 0 Å². The van der Waals surface area contributed by atoms with E-state index < -0.39 is 5.95 Å². The van der Waals surface area contributed by atoms with Crippen molar-refractivity contribution < 1.29 is 9.18 Å². The Bertz CT molecular complexity index is 720. The molecule has 1 aromatic heterocycles. The molecule has 3 N–H and O–H groups in total. The minimum atomic E-state index is -0.747. The van der Waals surface area contributed by atoms with Crippen LogP contribution in [0.25, 0.3) is 11.3 Å². The van der Waals surface area contributed by atoms with Crippen LogP contribution < -0.4 is 11.1 Å². The van der Waals surface area contributed by atoms with Gasteiger partial charge in [0.05, 0.1) is 0 Å². The van der Waals surface area contributed by atoms with Gasteiger partial charge in [-0.15, -0.1) is 0 Å². The number of nitrogens with zero attached hydrogens (tertiary/aromatic N) is 2. The monoisotopic (exact) mass is 336 g/mol. The van der Waals surface area contributed by atoms with Crippen LogP contribution in [0, 0.1) is 5.95 Å². The van der Waals surface area contributed by atoms with Gasteiger partial charge in [0.1, 0.15) is 5.69 Å². The molecule has 2 aromatic rings. The van der Waals surface area contributed by atoms with Gasteiger partial charge in [0, 0.05) is 17.7 Å². The fourth-order valence-electron chi connectivity index (χ4n) is 2.19. The lowest BCUT2D eigenvalue weighted by atomic mass is 9.97. The van der Waals surface area contributed by atoms with Gasteiger partial charge in [0.25, 0.3) is 5.91 Å². The first kappa shape index (κ1) is 13.0. The van der Waals surface area contributed by atoms with Crippen LogP contribution >= 0.6 is 15.9 Å². The number of hydrogen-bond donors (Lipinski definition) is 2. The highest BCUT2D eigenvalue weighted by Crippen LogP contribution is 2.28. The zero-order valence-corrected chi connectivity index (χ0v) is 11.9. The number of hydrogen-bond acceptors (Lipinski definition) is 4. The van der Waals surface area contributed by atoms with E-state index in [9.17, 15) is 9.18 Å². The topological polar surface area (TPSA) is 80.9 Å². The van der Waals surface area contributed by atoms with Gasteiger partial charge in [-0.2, -0.15) is 9.37 Å². The van der Waals surface area contributed by atoms with E-state index >= 15 is 0 Å². The molecule has 1 aromatic carbocycles. The van der Waals surface area contributed by atoms with Crippen molar-refractivity contribution in [2.75, 3.05) is 12.3 Å². The molecule has 5 nitrogen and oxygen atoms in total. The van der Waals surface area contributed by atoms with E-state index in [-0.39, 0.29) is 16.3 Å². The van der Waals surface area contributed by atoms with Gasteiger partial charge in [-0.05, 0) is 40.0 Å². The number of fused-ring (bicyclic) bond motifs is 1. The van der Waals surface area contributed by atoms with Crippen molar-refractivity contribution in [3.63, 3.8) is 0 Å². The third-order valence-corrected chi connectivity index (χ3v) is 3.65. The average Bonchev–Trinajstić information content (AvgIpc) is 2.43. The van der Waals surface area contributed by atoms with Crippen molar-refractivity contribution >= 4 is 27.7 Å². The van der Waals surface area contributed by atoms with Crippen molar-refractivity contribution in [2.45, 2.75) is 6.42 Å². The van der Waals surface area contributed by atoms with Crippen molar-refractivity contribution in [1.29, 1.82) is 0 Å². The summed E-state index contributed by atoms with van der Waals surface area (Å²) in [7, 11) is 0. The second-order valence-corrected chi connectivity index (χ2v) is 5.17. The van der Waals surface area contributed by atoms with Crippen LogP contribution in [0.3, 0.4) is 0 Å². The minimum Gasteiger partial charge on any atom is -0.382 e. The molecule has 0 aliphatic carbocycles. The van der Waals surface area contributed by atoms with Crippen LogP contribution in [-0.2, 0) is 6.42 Å². The SMILES string of the molecule is Nc1nc(F)c(Br)nc1-c1ccc2c(c1)CCNC2=O. The second kappa shape index (κ2) is 4.82. The maximum absolute atomic E-state index is 13.2. The number of carbonyl (C=O) groups is 1. The number of rotatable bonds is 1. The van der Waals surface area contributed by atoms with Gasteiger partial charge in [0.2, 0.25) is 5.95 Å². The van der Waals surface area contributed by atoms with Crippen LogP contribution in [-0.4, -0.2) is 22.4 Å². The van der Waals surface area contributed by atoms with Gasteiger partial charge in [-0.1, -0.05) is 6.07 Å². The van der Waals surface area contributed by atoms with Gasteiger partial charge >= 0.3 is 0 Å². The van der Waals surface area contributed by atoms with Crippen LogP contribution in [0.2, 0.25) is 0 Å². The molecule has 0 fully saturated rings. The number of nitrogen functional groups attached to an aromatic ring is 1. The highest BCUT2D eigenvalue weighted by Gasteiger charge is 2.18. The maximum atomic E-state index is 13.2. The zero-order valence-electron chi connectivity index (χ0n) is 10.3. The van der Waals surface area contributed by atoms with Crippen LogP contribution in [0.15, 0.2) is 22.8 Å². The molecule has 20 heavy (non-hydrogen) atoms. The molecular formula is C13H10BrFN4O. The van der Waals surface area contributed by atoms with E-state index in [2.05, 4.69) is 31.2 Å². The fraction of sp³-hybridized carbons (Fsp3) is 0.154. The predicted molar refractivity (Wildman–Crippen MR) is 75.6 cm³/mol. The van der Waals surface area contributed by atoms with Gasteiger partial charge < -0.3 is 11.1 Å². The van der Waals surface area contributed by atoms with Crippen molar-refractivity contribution in [3.8, 4) is 11.3 Å². The third kappa shape index (κ3) is 2.14. The molecule has 1 aliphatic rings. The Labute approximate surface area is 122 Å². The Morgan fingerprint density at radius 2 is 2.15 bits per heavy atom. The summed E-state index contributed by atoms with van der Waals surface area (Å²) in [6.07, 6.45) is 0.741. The Morgan fingerprint density at radius 3 is 2.95 bits per heavy atom. The number of aromatic nitrogens is 2. The number of benzene rings is 1. The molecule has 0 bridgehead atoms. The molecule has 0 atom stereocenters. The number of amides is 1. The fourth-order valence-corrected chi connectivity index (χ4v) is 2.46. The van der Waals surface area contributed by atoms with Gasteiger partial charge in [-0.3, -0.25) is 4.79 Å². The summed E-state index contributed by atoms with van der Waals surface area (Å²) >= 11 is 2.99. The Morgan fingerprint density at radius 1 is 1.35 bits per heavy atom. The summed E-state index contributed by atoms with van der Waals surface area (Å²) in [5.41, 5.74) is 8.39. The Balaban J connectivity index is 2.12. The smallest absolute Gasteiger partial charge is 0.251 e. The van der Waals surface area contributed by atoms with Crippen LogP contribution in [0.5, 0.6) is 0 Å². The first-order valence-electron chi connectivity index (χ1n) is 5.96. The molecule has 3 rings (SSSR count). The van der Waals surface area contributed by atoms with E-state index in [1.54, 1.807) is 12.1 Å². The number of carbonyl (C=O) groups excluding carboxylic acids is 1. The zero-order chi connectivity index (χ0) is 14.3. The van der Waals surface area contributed by atoms with Crippen molar-refractivity contribution in [1.82, 2.24) is 15.3 Å². The summed E-state index contributed by atoms with van der Waals surface area (Å²) in [5, 5.41) is 2.78. The highest BCUT2D eigenvalue weighted by molar-refractivity contribution is 9.10. The number of halogens is 2. The molecule has 7 heteroatoms. The van der Waals surface area contributed by atoms with Crippen LogP contribution in [0.1, 0.15) is 15.9 Å².